The third-order valence-electron chi connectivity index (χ3n) is 2.49. The minimum atomic E-state index is -0.573. The summed E-state index contributed by atoms with van der Waals surface area (Å²) in [5.74, 6) is -0.717. The summed E-state index contributed by atoms with van der Waals surface area (Å²) < 4.78 is 18.4. The van der Waals surface area contributed by atoms with Gasteiger partial charge in [0.2, 0.25) is 0 Å². The predicted molar refractivity (Wildman–Crippen MR) is 65.4 cm³/mol. The van der Waals surface area contributed by atoms with E-state index in [1.165, 1.54) is 25.4 Å². The fourth-order valence-electron chi connectivity index (χ4n) is 1.56. The number of carbonyl (C=O) groups is 1. The number of nitrogens with two attached hydrogens (primary N) is 1. The number of rotatable bonds is 2. The van der Waals surface area contributed by atoms with Gasteiger partial charge in [0.1, 0.15) is 11.6 Å². The largest absolute Gasteiger partial charge is 0.465 e. The Morgan fingerprint density at radius 3 is 2.67 bits per heavy atom. The topological polar surface area (TPSA) is 65.2 Å². The summed E-state index contributed by atoms with van der Waals surface area (Å²) in [4.78, 5) is 15.1. The maximum absolute atomic E-state index is 13.9. The molecule has 1 aromatic heterocycles. The van der Waals surface area contributed by atoms with Crippen molar-refractivity contribution < 1.29 is 13.9 Å². The normalized spacial score (nSPS) is 10.1. The highest BCUT2D eigenvalue weighted by molar-refractivity contribution is 5.90. The molecule has 0 radical (unpaired) electrons. The number of pyridine rings is 1. The quantitative estimate of drug-likeness (QED) is 0.825. The summed E-state index contributed by atoms with van der Waals surface area (Å²) in [5, 5.41) is 0. The summed E-state index contributed by atoms with van der Waals surface area (Å²) in [6, 6.07) is 7.40. The van der Waals surface area contributed by atoms with Gasteiger partial charge in [-0.15, -0.1) is 0 Å². The lowest BCUT2D eigenvalue weighted by Crippen LogP contribution is -2.02. The Morgan fingerprint density at radius 1 is 1.33 bits per heavy atom. The van der Waals surface area contributed by atoms with E-state index in [9.17, 15) is 9.18 Å². The molecular formula is C13H11FN2O2. The molecule has 0 amide bonds. The number of hydrogen-bond acceptors (Lipinski definition) is 4. The Kier molecular flexibility index (Phi) is 3.23. The number of aromatic nitrogens is 1. The molecule has 2 N–H and O–H groups in total. The number of methoxy groups -OCH3 is 1. The fraction of sp³-hybridized carbons (Fsp3) is 0.0769. The Balaban J connectivity index is 2.41. The number of halogens is 1. The molecular weight excluding hydrogens is 235 g/mol. The zero-order chi connectivity index (χ0) is 13.1. The summed E-state index contributed by atoms with van der Waals surface area (Å²) in [6.45, 7) is 0. The molecule has 0 spiro atoms. The lowest BCUT2D eigenvalue weighted by molar-refractivity contribution is 0.0600. The van der Waals surface area contributed by atoms with Gasteiger partial charge < -0.3 is 10.5 Å². The van der Waals surface area contributed by atoms with Crippen LogP contribution in [0.2, 0.25) is 0 Å². The van der Waals surface area contributed by atoms with Crippen LogP contribution >= 0.6 is 0 Å². The monoisotopic (exact) mass is 246 g/mol. The summed E-state index contributed by atoms with van der Waals surface area (Å²) in [6.07, 6.45) is 1.48. The third-order valence-corrected chi connectivity index (χ3v) is 2.49. The van der Waals surface area contributed by atoms with E-state index in [0.29, 0.717) is 16.9 Å². The van der Waals surface area contributed by atoms with Crippen LogP contribution in [0.3, 0.4) is 0 Å². The average Bonchev–Trinajstić information content (AvgIpc) is 2.39. The van der Waals surface area contributed by atoms with Crippen molar-refractivity contribution >= 4 is 11.8 Å². The van der Waals surface area contributed by atoms with E-state index >= 15 is 0 Å². The molecule has 0 aliphatic carbocycles. The van der Waals surface area contributed by atoms with Gasteiger partial charge >= 0.3 is 5.97 Å². The van der Waals surface area contributed by atoms with Gasteiger partial charge in [0.15, 0.2) is 0 Å². The maximum atomic E-state index is 13.9. The number of esters is 1. The van der Waals surface area contributed by atoms with Crippen molar-refractivity contribution in [3.8, 4) is 11.1 Å². The first-order valence-electron chi connectivity index (χ1n) is 5.21. The number of carbonyl (C=O) groups excluding carboxylic acids is 1. The lowest BCUT2D eigenvalue weighted by atomic mass is 10.0. The molecule has 0 unspecified atom stereocenters. The number of nitrogens with zero attached hydrogens (tertiary/aromatic N) is 1. The van der Waals surface area contributed by atoms with Crippen molar-refractivity contribution in [1.29, 1.82) is 0 Å². The van der Waals surface area contributed by atoms with E-state index in [0.717, 1.165) is 6.07 Å². The standard InChI is InChI=1S/C13H11FN2O2/c1-18-13(17)8-2-4-10(11(14)6-8)9-3-5-12(15)16-7-9/h2-7H,1H3,(H2,15,16). The van der Waals surface area contributed by atoms with Crippen molar-refractivity contribution in [3.05, 3.63) is 47.9 Å². The van der Waals surface area contributed by atoms with Gasteiger partial charge in [0, 0.05) is 17.3 Å². The Morgan fingerprint density at radius 2 is 2.11 bits per heavy atom. The molecule has 92 valence electrons. The second-order valence-corrected chi connectivity index (χ2v) is 3.66. The van der Waals surface area contributed by atoms with Crippen LogP contribution in [-0.4, -0.2) is 18.1 Å². The number of hydrogen-bond donors (Lipinski definition) is 1. The zero-order valence-electron chi connectivity index (χ0n) is 9.68. The number of ether oxygens (including phenoxy) is 1. The average molecular weight is 246 g/mol. The highest BCUT2D eigenvalue weighted by Gasteiger charge is 2.11. The van der Waals surface area contributed by atoms with Crippen LogP contribution in [0.25, 0.3) is 11.1 Å². The third kappa shape index (κ3) is 2.29. The van der Waals surface area contributed by atoms with Gasteiger partial charge in [-0.25, -0.2) is 14.2 Å². The van der Waals surface area contributed by atoms with Crippen molar-refractivity contribution in [3.63, 3.8) is 0 Å². The second kappa shape index (κ2) is 4.83. The van der Waals surface area contributed by atoms with Crippen molar-refractivity contribution in [1.82, 2.24) is 4.98 Å². The molecule has 0 aliphatic heterocycles. The van der Waals surface area contributed by atoms with E-state index in [2.05, 4.69) is 9.72 Å². The SMILES string of the molecule is COC(=O)c1ccc(-c2ccc(N)nc2)c(F)c1. The first-order chi connectivity index (χ1) is 8.61. The lowest BCUT2D eigenvalue weighted by Gasteiger charge is -2.05. The molecule has 0 bridgehead atoms. The molecule has 2 rings (SSSR count). The molecule has 0 saturated heterocycles. The van der Waals surface area contributed by atoms with Crippen LogP contribution in [0.4, 0.5) is 10.2 Å². The van der Waals surface area contributed by atoms with E-state index < -0.39 is 11.8 Å². The van der Waals surface area contributed by atoms with Crippen LogP contribution in [-0.2, 0) is 4.74 Å². The first-order valence-corrected chi connectivity index (χ1v) is 5.21. The van der Waals surface area contributed by atoms with Crippen LogP contribution in [0.1, 0.15) is 10.4 Å². The van der Waals surface area contributed by atoms with Crippen LogP contribution in [0.15, 0.2) is 36.5 Å². The van der Waals surface area contributed by atoms with E-state index in [1.54, 1.807) is 12.1 Å². The molecule has 0 aliphatic rings. The van der Waals surface area contributed by atoms with Crippen molar-refractivity contribution in [2.45, 2.75) is 0 Å². The maximum Gasteiger partial charge on any atom is 0.337 e. The number of benzene rings is 1. The van der Waals surface area contributed by atoms with Gasteiger partial charge in [0.05, 0.1) is 12.7 Å². The predicted octanol–water partition coefficient (Wildman–Crippen LogP) is 2.26. The highest BCUT2D eigenvalue weighted by atomic mass is 19.1. The Bertz CT molecular complexity index is 582. The Hall–Kier alpha value is -2.43. The molecule has 1 aromatic carbocycles. The number of anilines is 1. The second-order valence-electron chi connectivity index (χ2n) is 3.66. The summed E-state index contributed by atoms with van der Waals surface area (Å²) in [5.41, 5.74) is 6.58. The van der Waals surface area contributed by atoms with Gasteiger partial charge in [-0.1, -0.05) is 6.07 Å². The Labute approximate surface area is 103 Å². The van der Waals surface area contributed by atoms with Crippen molar-refractivity contribution in [2.24, 2.45) is 0 Å². The zero-order valence-corrected chi connectivity index (χ0v) is 9.68. The summed E-state index contributed by atoms with van der Waals surface area (Å²) in [7, 11) is 1.25. The molecule has 0 fully saturated rings. The molecule has 5 heteroatoms. The molecule has 0 atom stereocenters. The molecule has 2 aromatic rings. The molecule has 1 heterocycles. The van der Waals surface area contributed by atoms with Gasteiger partial charge in [-0.3, -0.25) is 0 Å². The smallest absolute Gasteiger partial charge is 0.337 e. The molecule has 0 saturated carbocycles. The fourth-order valence-corrected chi connectivity index (χ4v) is 1.56. The van der Waals surface area contributed by atoms with Gasteiger partial charge in [-0.2, -0.15) is 0 Å². The van der Waals surface area contributed by atoms with Crippen LogP contribution < -0.4 is 5.73 Å². The summed E-state index contributed by atoms with van der Waals surface area (Å²) >= 11 is 0. The van der Waals surface area contributed by atoms with Gasteiger partial charge in [-0.05, 0) is 24.3 Å². The van der Waals surface area contributed by atoms with E-state index in [4.69, 9.17) is 5.73 Å². The van der Waals surface area contributed by atoms with E-state index in [-0.39, 0.29) is 5.56 Å². The highest BCUT2D eigenvalue weighted by Crippen LogP contribution is 2.23. The molecule has 4 nitrogen and oxygen atoms in total. The minimum absolute atomic E-state index is 0.169. The minimum Gasteiger partial charge on any atom is -0.465 e. The van der Waals surface area contributed by atoms with Crippen LogP contribution in [0.5, 0.6) is 0 Å². The van der Waals surface area contributed by atoms with Crippen LogP contribution in [0, 0.1) is 5.82 Å². The number of nitrogen functional groups attached to an aromatic ring is 1. The first kappa shape index (κ1) is 12.0. The van der Waals surface area contributed by atoms with E-state index in [1.807, 2.05) is 0 Å². The molecule has 18 heavy (non-hydrogen) atoms. The van der Waals surface area contributed by atoms with Crippen molar-refractivity contribution in [2.75, 3.05) is 12.8 Å². The van der Waals surface area contributed by atoms with Gasteiger partial charge in [0.25, 0.3) is 0 Å².